The van der Waals surface area contributed by atoms with E-state index in [0.29, 0.717) is 17.0 Å². The molecule has 0 saturated heterocycles. The monoisotopic (exact) mass is 370 g/mol. The molecule has 0 bridgehead atoms. The van der Waals surface area contributed by atoms with Crippen LogP contribution in [0.15, 0.2) is 48.5 Å². The van der Waals surface area contributed by atoms with E-state index in [0.717, 1.165) is 11.1 Å². The van der Waals surface area contributed by atoms with Crippen LogP contribution in [0, 0.1) is 11.3 Å². The average molecular weight is 371 g/mol. The van der Waals surface area contributed by atoms with Gasteiger partial charge in [-0.25, -0.2) is 0 Å². The molecule has 1 N–H and O–H groups in total. The number of benzene rings is 2. The van der Waals surface area contributed by atoms with Crippen molar-refractivity contribution in [3.8, 4) is 6.07 Å². The van der Waals surface area contributed by atoms with Crippen molar-refractivity contribution in [2.75, 3.05) is 0 Å². The van der Waals surface area contributed by atoms with E-state index >= 15 is 0 Å². The molecule has 26 heavy (non-hydrogen) atoms. The van der Waals surface area contributed by atoms with Gasteiger partial charge in [0.25, 0.3) is 5.91 Å². The summed E-state index contributed by atoms with van der Waals surface area (Å²) in [6.45, 7) is 1.80. The Bertz CT molecular complexity index is 813. The molecule has 0 fully saturated rings. The summed E-state index contributed by atoms with van der Waals surface area (Å²) in [5.41, 5.74) is 2.29. The summed E-state index contributed by atoms with van der Waals surface area (Å²) in [5, 5.41) is 12.0. The van der Waals surface area contributed by atoms with Crippen LogP contribution < -0.4 is 5.32 Å². The van der Waals surface area contributed by atoms with E-state index in [2.05, 4.69) is 5.32 Å². The van der Waals surface area contributed by atoms with Crippen LogP contribution in [0.25, 0.3) is 0 Å². The minimum Gasteiger partial charge on any atom is -0.453 e. The largest absolute Gasteiger partial charge is 0.453 e. The summed E-state index contributed by atoms with van der Waals surface area (Å²) in [6, 6.07) is 16.2. The molecule has 0 heterocycles. The number of nitrogens with zero attached hydrogens (tertiary/aromatic N) is 1. The summed E-state index contributed by atoms with van der Waals surface area (Å²) in [6.07, 6.45) is -0.238. The predicted molar refractivity (Wildman–Crippen MR) is 98.3 cm³/mol. The molecule has 1 atom stereocenters. The van der Waals surface area contributed by atoms with Crippen molar-refractivity contribution in [2.24, 2.45) is 0 Å². The smallest absolute Gasteiger partial charge is 0.306 e. The summed E-state index contributed by atoms with van der Waals surface area (Å²) in [4.78, 5) is 24.0. The second-order valence-corrected chi connectivity index (χ2v) is 6.16. The maximum atomic E-state index is 12.0. The van der Waals surface area contributed by atoms with Crippen molar-refractivity contribution in [3.05, 3.63) is 70.2 Å². The average Bonchev–Trinajstić information content (AvgIpc) is 2.65. The van der Waals surface area contributed by atoms with Crippen molar-refractivity contribution < 1.29 is 14.3 Å². The minimum absolute atomic E-state index is 0.161. The first-order chi connectivity index (χ1) is 12.5. The zero-order valence-electron chi connectivity index (χ0n) is 14.4. The van der Waals surface area contributed by atoms with Gasteiger partial charge in [0.1, 0.15) is 0 Å². The lowest BCUT2D eigenvalue weighted by Crippen LogP contribution is -2.35. The Morgan fingerprint density at radius 2 is 1.88 bits per heavy atom. The van der Waals surface area contributed by atoms with Crippen LogP contribution in [0.1, 0.15) is 30.0 Å². The molecule has 0 radical (unpaired) electrons. The Balaban J connectivity index is 1.75. The van der Waals surface area contributed by atoms with Gasteiger partial charge in [-0.05, 0) is 42.7 Å². The van der Waals surface area contributed by atoms with Gasteiger partial charge < -0.3 is 10.1 Å². The summed E-state index contributed by atoms with van der Waals surface area (Å²) < 4.78 is 5.16. The summed E-state index contributed by atoms with van der Waals surface area (Å²) in [7, 11) is 0. The molecule has 134 valence electrons. The van der Waals surface area contributed by atoms with Gasteiger partial charge in [0.05, 0.1) is 11.6 Å². The lowest BCUT2D eigenvalue weighted by Gasteiger charge is -2.14. The Hall–Kier alpha value is -2.84. The number of ether oxygens (including phenoxy) is 1. The van der Waals surface area contributed by atoms with Crippen molar-refractivity contribution in [1.29, 1.82) is 5.26 Å². The fraction of sp³-hybridized carbons (Fsp3) is 0.250. The fourth-order valence-electron chi connectivity index (χ4n) is 2.27. The first kappa shape index (κ1) is 19.5. The molecule has 0 spiro atoms. The molecule has 5 nitrogen and oxygen atoms in total. The highest BCUT2D eigenvalue weighted by atomic mass is 35.5. The topological polar surface area (TPSA) is 79.2 Å². The SMILES string of the molecule is CC(OC(=O)CCc1ccc(C#N)cc1)C(=O)NCc1ccccc1Cl. The third kappa shape index (κ3) is 5.91. The Morgan fingerprint density at radius 1 is 1.19 bits per heavy atom. The van der Waals surface area contributed by atoms with E-state index < -0.39 is 12.1 Å². The zero-order valence-corrected chi connectivity index (χ0v) is 15.1. The van der Waals surface area contributed by atoms with Crippen LogP contribution in [0.2, 0.25) is 5.02 Å². The molecule has 0 aliphatic carbocycles. The van der Waals surface area contributed by atoms with Crippen molar-refractivity contribution in [2.45, 2.75) is 32.4 Å². The van der Waals surface area contributed by atoms with Gasteiger partial charge >= 0.3 is 5.97 Å². The number of hydrogen-bond acceptors (Lipinski definition) is 4. The molecule has 0 aliphatic rings. The number of amides is 1. The van der Waals surface area contributed by atoms with Crippen LogP contribution in [0.3, 0.4) is 0 Å². The van der Waals surface area contributed by atoms with Crippen LogP contribution in [-0.2, 0) is 27.3 Å². The van der Waals surface area contributed by atoms with Crippen LogP contribution in [-0.4, -0.2) is 18.0 Å². The van der Waals surface area contributed by atoms with Crippen molar-refractivity contribution >= 4 is 23.5 Å². The van der Waals surface area contributed by atoms with Gasteiger partial charge in [0.2, 0.25) is 0 Å². The van der Waals surface area contributed by atoms with E-state index in [4.69, 9.17) is 21.6 Å². The molecule has 2 rings (SSSR count). The number of halogens is 1. The van der Waals surface area contributed by atoms with E-state index in [-0.39, 0.29) is 18.9 Å². The van der Waals surface area contributed by atoms with Gasteiger partial charge in [0, 0.05) is 18.0 Å². The number of nitrogens with one attached hydrogen (secondary N) is 1. The first-order valence-corrected chi connectivity index (χ1v) is 8.57. The second kappa shape index (κ2) is 9.59. The molecule has 2 aromatic carbocycles. The van der Waals surface area contributed by atoms with Gasteiger partial charge in [0.15, 0.2) is 6.10 Å². The maximum absolute atomic E-state index is 12.0. The van der Waals surface area contributed by atoms with E-state index in [1.807, 2.05) is 24.3 Å². The molecule has 1 amide bonds. The molecular weight excluding hydrogens is 352 g/mol. The van der Waals surface area contributed by atoms with E-state index in [9.17, 15) is 9.59 Å². The Labute approximate surface area is 157 Å². The number of carbonyl (C=O) groups excluding carboxylic acids is 2. The predicted octanol–water partition coefficient (Wildman–Crippen LogP) is 3.39. The molecule has 0 aromatic heterocycles. The van der Waals surface area contributed by atoms with Crippen LogP contribution in [0.5, 0.6) is 0 Å². The molecule has 2 aromatic rings. The highest BCUT2D eigenvalue weighted by Crippen LogP contribution is 2.14. The van der Waals surface area contributed by atoms with Crippen molar-refractivity contribution in [3.63, 3.8) is 0 Å². The number of esters is 1. The Kier molecular flexibility index (Phi) is 7.19. The van der Waals surface area contributed by atoms with Gasteiger partial charge in [-0.2, -0.15) is 5.26 Å². The van der Waals surface area contributed by atoms with E-state index in [1.165, 1.54) is 6.92 Å². The van der Waals surface area contributed by atoms with Gasteiger partial charge in [-0.3, -0.25) is 9.59 Å². The third-order valence-electron chi connectivity index (χ3n) is 3.79. The minimum atomic E-state index is -0.883. The number of hydrogen-bond donors (Lipinski definition) is 1. The number of carbonyl (C=O) groups is 2. The lowest BCUT2D eigenvalue weighted by atomic mass is 10.1. The number of rotatable bonds is 7. The normalized spacial score (nSPS) is 11.3. The number of nitriles is 1. The molecule has 1 unspecified atom stereocenters. The van der Waals surface area contributed by atoms with Crippen LogP contribution in [0.4, 0.5) is 0 Å². The molecule has 6 heteroatoms. The van der Waals surface area contributed by atoms with Crippen LogP contribution >= 0.6 is 11.6 Å². The van der Waals surface area contributed by atoms with E-state index in [1.54, 1.807) is 30.3 Å². The number of aryl methyl sites for hydroxylation is 1. The standard InChI is InChI=1S/C20H19ClN2O3/c1-14(20(25)23-13-17-4-2-3-5-18(17)21)26-19(24)11-10-15-6-8-16(12-22)9-7-15/h2-9,14H,10-11,13H2,1H3,(H,23,25). The molecular formula is C20H19ClN2O3. The fourth-order valence-corrected chi connectivity index (χ4v) is 2.47. The lowest BCUT2D eigenvalue weighted by molar-refractivity contribution is -0.154. The highest BCUT2D eigenvalue weighted by molar-refractivity contribution is 6.31. The Morgan fingerprint density at radius 3 is 2.54 bits per heavy atom. The molecule has 0 aliphatic heterocycles. The van der Waals surface area contributed by atoms with Gasteiger partial charge in [-0.15, -0.1) is 0 Å². The first-order valence-electron chi connectivity index (χ1n) is 8.19. The molecule has 0 saturated carbocycles. The maximum Gasteiger partial charge on any atom is 0.306 e. The summed E-state index contributed by atoms with van der Waals surface area (Å²) >= 11 is 6.04. The van der Waals surface area contributed by atoms with Gasteiger partial charge in [-0.1, -0.05) is 41.9 Å². The zero-order chi connectivity index (χ0) is 18.9. The summed E-state index contributed by atoms with van der Waals surface area (Å²) in [5.74, 6) is -0.827. The second-order valence-electron chi connectivity index (χ2n) is 5.75. The third-order valence-corrected chi connectivity index (χ3v) is 4.16. The quantitative estimate of drug-likeness (QED) is 0.757. The van der Waals surface area contributed by atoms with Crippen molar-refractivity contribution in [1.82, 2.24) is 5.32 Å². The highest BCUT2D eigenvalue weighted by Gasteiger charge is 2.17.